The van der Waals surface area contributed by atoms with Crippen molar-refractivity contribution < 1.29 is 27.8 Å². The first-order valence-corrected chi connectivity index (χ1v) is 6.57. The van der Waals surface area contributed by atoms with Gasteiger partial charge in [-0.2, -0.15) is 4.39 Å². The number of hydrogen-bond acceptors (Lipinski definition) is 3. The van der Waals surface area contributed by atoms with Gasteiger partial charge in [-0.15, -0.1) is 0 Å². The van der Waals surface area contributed by atoms with Gasteiger partial charge < -0.3 is 15.2 Å². The summed E-state index contributed by atoms with van der Waals surface area (Å²) >= 11 is 3.29. The Balaban J connectivity index is 2.69. The van der Waals surface area contributed by atoms with E-state index < -0.39 is 34.7 Å². The molecule has 2 N–H and O–H groups in total. The van der Waals surface area contributed by atoms with Gasteiger partial charge in [0.1, 0.15) is 0 Å². The van der Waals surface area contributed by atoms with E-state index in [0.29, 0.717) is 19.1 Å². The Morgan fingerprint density at radius 2 is 2.10 bits per heavy atom. The number of carbonyl (C=O) groups is 1. The highest BCUT2D eigenvalue weighted by Crippen LogP contribution is 2.25. The molecule has 1 aromatic carbocycles. The summed E-state index contributed by atoms with van der Waals surface area (Å²) < 4.78 is 44.2. The number of phenols is 1. The Labute approximate surface area is 122 Å². The van der Waals surface area contributed by atoms with Crippen molar-refractivity contribution in [2.75, 3.05) is 20.3 Å². The SMILES string of the molecule is COCC(Br)CCNC(=O)c1cc(F)c(F)c(O)c1F. The molecule has 4 nitrogen and oxygen atoms in total. The first kappa shape index (κ1) is 16.8. The lowest BCUT2D eigenvalue weighted by molar-refractivity contribution is 0.0946. The van der Waals surface area contributed by atoms with E-state index in [-0.39, 0.29) is 11.4 Å². The van der Waals surface area contributed by atoms with Crippen LogP contribution in [0.1, 0.15) is 16.8 Å². The summed E-state index contributed by atoms with van der Waals surface area (Å²) in [7, 11) is 1.52. The molecular formula is C12H13BrF3NO3. The number of alkyl halides is 1. The average molecular weight is 356 g/mol. The van der Waals surface area contributed by atoms with Gasteiger partial charge in [0.25, 0.3) is 5.91 Å². The van der Waals surface area contributed by atoms with E-state index in [4.69, 9.17) is 9.84 Å². The number of carbonyl (C=O) groups excluding carboxylic acids is 1. The van der Waals surface area contributed by atoms with Crippen LogP contribution in [0, 0.1) is 17.5 Å². The molecule has 0 heterocycles. The predicted molar refractivity (Wildman–Crippen MR) is 69.5 cm³/mol. The summed E-state index contributed by atoms with van der Waals surface area (Å²) in [6.07, 6.45) is 0.497. The van der Waals surface area contributed by atoms with E-state index in [1.54, 1.807) is 0 Å². The Bertz CT molecular complexity index is 499. The van der Waals surface area contributed by atoms with Gasteiger partial charge in [-0.3, -0.25) is 4.79 Å². The van der Waals surface area contributed by atoms with E-state index in [9.17, 15) is 18.0 Å². The van der Waals surface area contributed by atoms with Gasteiger partial charge in [0.2, 0.25) is 5.82 Å². The second-order valence-electron chi connectivity index (χ2n) is 3.98. The molecule has 0 spiro atoms. The Morgan fingerprint density at radius 3 is 2.70 bits per heavy atom. The number of phenolic OH excluding ortho intramolecular Hbond substituents is 1. The van der Waals surface area contributed by atoms with Gasteiger partial charge >= 0.3 is 0 Å². The van der Waals surface area contributed by atoms with Crippen molar-refractivity contribution in [2.24, 2.45) is 0 Å². The zero-order chi connectivity index (χ0) is 15.3. The zero-order valence-corrected chi connectivity index (χ0v) is 12.1. The third-order valence-electron chi connectivity index (χ3n) is 2.47. The molecule has 1 atom stereocenters. The van der Waals surface area contributed by atoms with Gasteiger partial charge in [0, 0.05) is 18.5 Å². The smallest absolute Gasteiger partial charge is 0.254 e. The number of aromatic hydroxyl groups is 1. The lowest BCUT2D eigenvalue weighted by atomic mass is 10.1. The van der Waals surface area contributed by atoms with E-state index >= 15 is 0 Å². The minimum absolute atomic E-state index is 0.00370. The maximum atomic E-state index is 13.5. The van der Waals surface area contributed by atoms with Crippen molar-refractivity contribution in [3.8, 4) is 5.75 Å². The fourth-order valence-electron chi connectivity index (χ4n) is 1.46. The van der Waals surface area contributed by atoms with Crippen LogP contribution in [0.25, 0.3) is 0 Å². The number of benzene rings is 1. The molecule has 0 saturated heterocycles. The van der Waals surface area contributed by atoms with Crippen LogP contribution in [-0.2, 0) is 4.74 Å². The minimum Gasteiger partial charge on any atom is -0.503 e. The van der Waals surface area contributed by atoms with Crippen LogP contribution in [0.15, 0.2) is 6.07 Å². The van der Waals surface area contributed by atoms with Gasteiger partial charge in [0.15, 0.2) is 17.4 Å². The summed E-state index contributed by atoms with van der Waals surface area (Å²) in [4.78, 5) is 11.6. The molecule has 0 radical (unpaired) electrons. The quantitative estimate of drug-likeness (QED) is 0.608. The van der Waals surface area contributed by atoms with Crippen molar-refractivity contribution in [3.63, 3.8) is 0 Å². The summed E-state index contributed by atoms with van der Waals surface area (Å²) in [6.45, 7) is 0.605. The van der Waals surface area contributed by atoms with Crippen LogP contribution < -0.4 is 5.32 Å². The van der Waals surface area contributed by atoms with E-state index in [1.165, 1.54) is 7.11 Å². The molecular weight excluding hydrogens is 343 g/mol. The summed E-state index contributed by atoms with van der Waals surface area (Å²) in [5.41, 5.74) is -0.751. The average Bonchev–Trinajstić information content (AvgIpc) is 2.40. The Morgan fingerprint density at radius 1 is 1.45 bits per heavy atom. The first-order valence-electron chi connectivity index (χ1n) is 5.66. The number of ether oxygens (including phenoxy) is 1. The van der Waals surface area contributed by atoms with E-state index in [2.05, 4.69) is 21.2 Å². The highest BCUT2D eigenvalue weighted by Gasteiger charge is 2.22. The van der Waals surface area contributed by atoms with Crippen molar-refractivity contribution in [1.29, 1.82) is 0 Å². The van der Waals surface area contributed by atoms with Crippen LogP contribution in [0.3, 0.4) is 0 Å². The fourth-order valence-corrected chi connectivity index (χ4v) is 1.95. The third kappa shape index (κ3) is 4.11. The molecule has 1 amide bonds. The van der Waals surface area contributed by atoms with Crippen LogP contribution in [0.2, 0.25) is 0 Å². The van der Waals surface area contributed by atoms with Crippen molar-refractivity contribution in [1.82, 2.24) is 5.32 Å². The molecule has 112 valence electrons. The van der Waals surface area contributed by atoms with Crippen LogP contribution in [0.5, 0.6) is 5.75 Å². The number of methoxy groups -OCH3 is 1. The minimum atomic E-state index is -1.72. The van der Waals surface area contributed by atoms with Crippen molar-refractivity contribution in [2.45, 2.75) is 11.2 Å². The monoisotopic (exact) mass is 355 g/mol. The third-order valence-corrected chi connectivity index (χ3v) is 3.19. The van der Waals surface area contributed by atoms with Gasteiger partial charge in [-0.1, -0.05) is 15.9 Å². The molecule has 8 heteroatoms. The topological polar surface area (TPSA) is 58.6 Å². The van der Waals surface area contributed by atoms with Gasteiger partial charge in [0.05, 0.1) is 12.2 Å². The second-order valence-corrected chi connectivity index (χ2v) is 5.27. The molecule has 0 aliphatic heterocycles. The van der Waals surface area contributed by atoms with Crippen LogP contribution >= 0.6 is 15.9 Å². The Kier molecular flexibility index (Phi) is 6.28. The van der Waals surface area contributed by atoms with Gasteiger partial charge in [-0.05, 0) is 12.5 Å². The predicted octanol–water partition coefficient (Wildman–Crippen LogP) is 2.34. The summed E-state index contributed by atoms with van der Waals surface area (Å²) in [6, 6.07) is 0.403. The maximum absolute atomic E-state index is 13.5. The number of nitrogens with one attached hydrogen (secondary N) is 1. The molecule has 0 saturated carbocycles. The lowest BCUT2D eigenvalue weighted by Crippen LogP contribution is -2.28. The molecule has 0 aliphatic carbocycles. The standard InChI is InChI=1S/C12H13BrF3NO3/c1-20-5-6(13)2-3-17-12(19)7-4-8(14)10(16)11(18)9(7)15/h4,6,18H,2-3,5H2,1H3,(H,17,19). The molecule has 0 aromatic heterocycles. The molecule has 1 aromatic rings. The normalized spacial score (nSPS) is 12.2. The highest BCUT2D eigenvalue weighted by atomic mass is 79.9. The molecule has 1 unspecified atom stereocenters. The van der Waals surface area contributed by atoms with Crippen LogP contribution in [0.4, 0.5) is 13.2 Å². The molecule has 0 aliphatic rings. The molecule has 0 fully saturated rings. The molecule has 20 heavy (non-hydrogen) atoms. The lowest BCUT2D eigenvalue weighted by Gasteiger charge is -2.10. The highest BCUT2D eigenvalue weighted by molar-refractivity contribution is 9.09. The van der Waals surface area contributed by atoms with Crippen molar-refractivity contribution in [3.05, 3.63) is 29.1 Å². The molecule has 0 bridgehead atoms. The second kappa shape index (κ2) is 7.49. The zero-order valence-electron chi connectivity index (χ0n) is 10.6. The number of amides is 1. The maximum Gasteiger partial charge on any atom is 0.254 e. The molecule has 1 rings (SSSR count). The van der Waals surface area contributed by atoms with E-state index in [1.807, 2.05) is 0 Å². The number of rotatable bonds is 6. The fraction of sp³-hybridized carbons (Fsp3) is 0.417. The summed E-state index contributed by atoms with van der Waals surface area (Å²) in [5, 5.41) is 11.3. The number of halogens is 4. The van der Waals surface area contributed by atoms with Gasteiger partial charge in [-0.25, -0.2) is 8.78 Å². The van der Waals surface area contributed by atoms with Crippen molar-refractivity contribution >= 4 is 21.8 Å². The Hall–Kier alpha value is -1.28. The number of hydrogen-bond donors (Lipinski definition) is 2. The van der Waals surface area contributed by atoms with E-state index in [0.717, 1.165) is 0 Å². The largest absolute Gasteiger partial charge is 0.503 e. The summed E-state index contributed by atoms with van der Waals surface area (Å²) in [5.74, 6) is -7.15. The first-order chi connectivity index (χ1) is 9.38. The van der Waals surface area contributed by atoms with Crippen LogP contribution in [-0.4, -0.2) is 36.1 Å².